The number of hydrogen-bond acceptors (Lipinski definition) is 3. The quantitative estimate of drug-likeness (QED) is 0.660. The maximum Gasteiger partial charge on any atom is 0.255 e. The summed E-state index contributed by atoms with van der Waals surface area (Å²) < 4.78 is 15.4. The third kappa shape index (κ3) is 3.66. The molecule has 0 aliphatic heterocycles. The highest BCUT2D eigenvalue weighted by atomic mass is 19.1. The van der Waals surface area contributed by atoms with Gasteiger partial charge in [0.2, 0.25) is 0 Å². The summed E-state index contributed by atoms with van der Waals surface area (Å²) in [5, 5.41) is 13.1. The zero-order valence-corrected chi connectivity index (χ0v) is 15.2. The predicted octanol–water partition coefficient (Wildman–Crippen LogP) is 2.76. The number of benzene rings is 2. The van der Waals surface area contributed by atoms with Crippen molar-refractivity contribution in [1.82, 2.24) is 9.88 Å². The second-order valence-corrected chi connectivity index (χ2v) is 7.12. The molecule has 0 atom stereocenters. The van der Waals surface area contributed by atoms with Gasteiger partial charge in [-0.3, -0.25) is 4.79 Å². The molecule has 2 aromatic carbocycles. The molecule has 3 aromatic rings. The molecule has 2 N–H and O–H groups in total. The SMILES string of the molecule is O=c1c(CNCCO)cc2cc3c(cc2n1Cc1cccc(F)c1)CCC3. The van der Waals surface area contributed by atoms with E-state index in [4.69, 9.17) is 5.11 Å². The molecule has 0 saturated carbocycles. The van der Waals surface area contributed by atoms with Crippen LogP contribution in [0.15, 0.2) is 47.3 Å². The molecule has 140 valence electrons. The molecular weight excluding hydrogens is 343 g/mol. The Morgan fingerprint density at radius 3 is 2.70 bits per heavy atom. The fourth-order valence-corrected chi connectivity index (χ4v) is 3.92. The number of hydrogen-bond donors (Lipinski definition) is 2. The van der Waals surface area contributed by atoms with Gasteiger partial charge in [-0.05, 0) is 71.7 Å². The molecule has 27 heavy (non-hydrogen) atoms. The molecule has 0 bridgehead atoms. The van der Waals surface area contributed by atoms with Crippen LogP contribution in [0.2, 0.25) is 0 Å². The first-order chi connectivity index (χ1) is 13.2. The van der Waals surface area contributed by atoms with E-state index < -0.39 is 0 Å². The smallest absolute Gasteiger partial charge is 0.255 e. The van der Waals surface area contributed by atoms with Gasteiger partial charge in [-0.25, -0.2) is 4.39 Å². The molecule has 1 aliphatic rings. The molecule has 0 unspecified atom stereocenters. The summed E-state index contributed by atoms with van der Waals surface area (Å²) in [7, 11) is 0. The van der Waals surface area contributed by atoms with Crippen LogP contribution in [-0.2, 0) is 25.9 Å². The topological polar surface area (TPSA) is 54.3 Å². The molecular formula is C22H23FN2O2. The van der Waals surface area contributed by atoms with Gasteiger partial charge in [0, 0.05) is 18.7 Å². The Kier molecular flexibility index (Phi) is 5.05. The van der Waals surface area contributed by atoms with Crippen LogP contribution >= 0.6 is 0 Å². The van der Waals surface area contributed by atoms with Crippen LogP contribution in [0.1, 0.15) is 28.7 Å². The number of aromatic nitrogens is 1. The molecule has 4 rings (SSSR count). The number of rotatable bonds is 6. The number of fused-ring (bicyclic) bond motifs is 2. The molecule has 5 heteroatoms. The van der Waals surface area contributed by atoms with Gasteiger partial charge in [-0.2, -0.15) is 0 Å². The van der Waals surface area contributed by atoms with Crippen molar-refractivity contribution < 1.29 is 9.50 Å². The zero-order valence-electron chi connectivity index (χ0n) is 15.2. The van der Waals surface area contributed by atoms with Crippen LogP contribution in [0, 0.1) is 5.82 Å². The standard InChI is InChI=1S/C22H23FN2O2/c23-20-6-1-3-15(9-20)14-25-21-12-17-5-2-4-16(17)10-18(21)11-19(22(25)27)13-24-7-8-26/h1,3,6,9-12,24,26H,2,4-5,7-8,13-14H2. The Labute approximate surface area is 157 Å². The number of halogens is 1. The van der Waals surface area contributed by atoms with E-state index in [0.717, 1.165) is 35.7 Å². The van der Waals surface area contributed by atoms with Crippen molar-refractivity contribution in [3.8, 4) is 0 Å². The lowest BCUT2D eigenvalue weighted by Crippen LogP contribution is -2.29. The van der Waals surface area contributed by atoms with Crippen LogP contribution < -0.4 is 10.9 Å². The summed E-state index contributed by atoms with van der Waals surface area (Å²) in [5.41, 5.74) is 4.91. The number of aryl methyl sites for hydroxylation is 2. The van der Waals surface area contributed by atoms with Crippen molar-refractivity contribution in [1.29, 1.82) is 0 Å². The Morgan fingerprint density at radius 1 is 1.11 bits per heavy atom. The Morgan fingerprint density at radius 2 is 1.93 bits per heavy atom. The van der Waals surface area contributed by atoms with Gasteiger partial charge in [0.25, 0.3) is 5.56 Å². The summed E-state index contributed by atoms with van der Waals surface area (Å²) >= 11 is 0. The zero-order chi connectivity index (χ0) is 18.8. The van der Waals surface area contributed by atoms with Crippen molar-refractivity contribution in [2.24, 2.45) is 0 Å². The average molecular weight is 366 g/mol. The highest BCUT2D eigenvalue weighted by Crippen LogP contribution is 2.27. The number of pyridine rings is 1. The second kappa shape index (κ2) is 7.62. The van der Waals surface area contributed by atoms with Gasteiger partial charge >= 0.3 is 0 Å². The first-order valence-corrected chi connectivity index (χ1v) is 9.40. The Hall–Kier alpha value is -2.50. The van der Waals surface area contributed by atoms with Crippen LogP contribution in [0.5, 0.6) is 0 Å². The lowest BCUT2D eigenvalue weighted by Gasteiger charge is -2.15. The van der Waals surface area contributed by atoms with Gasteiger partial charge in [0.15, 0.2) is 0 Å². The number of aliphatic hydroxyl groups is 1. The van der Waals surface area contributed by atoms with Crippen LogP contribution in [0.3, 0.4) is 0 Å². The van der Waals surface area contributed by atoms with Crippen molar-refractivity contribution in [3.05, 3.63) is 80.9 Å². The third-order valence-corrected chi connectivity index (χ3v) is 5.22. The minimum atomic E-state index is -0.300. The van der Waals surface area contributed by atoms with Gasteiger partial charge in [-0.1, -0.05) is 12.1 Å². The van der Waals surface area contributed by atoms with Crippen molar-refractivity contribution in [2.75, 3.05) is 13.2 Å². The molecule has 1 heterocycles. The predicted molar refractivity (Wildman–Crippen MR) is 105 cm³/mol. The van der Waals surface area contributed by atoms with Crippen LogP contribution in [0.4, 0.5) is 4.39 Å². The highest BCUT2D eigenvalue weighted by molar-refractivity contribution is 5.82. The average Bonchev–Trinajstić information content (AvgIpc) is 3.11. The maximum absolute atomic E-state index is 13.6. The van der Waals surface area contributed by atoms with Crippen LogP contribution in [0.25, 0.3) is 10.9 Å². The van der Waals surface area contributed by atoms with E-state index in [-0.39, 0.29) is 18.0 Å². The van der Waals surface area contributed by atoms with E-state index in [0.29, 0.717) is 25.2 Å². The van der Waals surface area contributed by atoms with E-state index in [2.05, 4.69) is 17.4 Å². The maximum atomic E-state index is 13.6. The van der Waals surface area contributed by atoms with Crippen molar-refractivity contribution in [3.63, 3.8) is 0 Å². The lowest BCUT2D eigenvalue weighted by atomic mass is 10.0. The fourth-order valence-electron chi connectivity index (χ4n) is 3.92. The molecule has 0 spiro atoms. The molecule has 1 aromatic heterocycles. The second-order valence-electron chi connectivity index (χ2n) is 7.12. The molecule has 0 fully saturated rings. The van der Waals surface area contributed by atoms with E-state index >= 15 is 0 Å². The van der Waals surface area contributed by atoms with Gasteiger partial charge < -0.3 is 15.0 Å². The molecule has 0 saturated heterocycles. The monoisotopic (exact) mass is 366 g/mol. The largest absolute Gasteiger partial charge is 0.395 e. The number of aliphatic hydroxyl groups excluding tert-OH is 1. The third-order valence-electron chi connectivity index (χ3n) is 5.22. The van der Waals surface area contributed by atoms with Crippen molar-refractivity contribution in [2.45, 2.75) is 32.4 Å². The van der Waals surface area contributed by atoms with E-state index in [1.165, 1.54) is 23.3 Å². The fraction of sp³-hybridized carbons (Fsp3) is 0.318. The summed E-state index contributed by atoms with van der Waals surface area (Å²) in [6.45, 7) is 1.19. The van der Waals surface area contributed by atoms with E-state index in [1.807, 2.05) is 12.1 Å². The first-order valence-electron chi connectivity index (χ1n) is 9.40. The summed E-state index contributed by atoms with van der Waals surface area (Å²) in [5.74, 6) is -0.300. The van der Waals surface area contributed by atoms with Gasteiger partial charge in [-0.15, -0.1) is 0 Å². The molecule has 1 aliphatic carbocycles. The summed E-state index contributed by atoms with van der Waals surface area (Å²) in [6.07, 6.45) is 3.26. The minimum Gasteiger partial charge on any atom is -0.395 e. The Balaban J connectivity index is 1.84. The first kappa shape index (κ1) is 17.9. The summed E-state index contributed by atoms with van der Waals surface area (Å²) in [4.78, 5) is 13.1. The number of nitrogens with one attached hydrogen (secondary N) is 1. The molecule has 0 amide bonds. The van der Waals surface area contributed by atoms with E-state index in [9.17, 15) is 9.18 Å². The lowest BCUT2D eigenvalue weighted by molar-refractivity contribution is 0.292. The normalized spacial score (nSPS) is 13.3. The summed E-state index contributed by atoms with van der Waals surface area (Å²) in [6, 6.07) is 12.7. The van der Waals surface area contributed by atoms with Gasteiger partial charge in [0.1, 0.15) is 5.82 Å². The molecule has 4 nitrogen and oxygen atoms in total. The minimum absolute atomic E-state index is 0.0264. The Bertz CT molecular complexity index is 1040. The number of nitrogens with zero attached hydrogens (tertiary/aromatic N) is 1. The molecule has 0 radical (unpaired) electrons. The van der Waals surface area contributed by atoms with Gasteiger partial charge in [0.05, 0.1) is 18.7 Å². The van der Waals surface area contributed by atoms with Crippen molar-refractivity contribution >= 4 is 10.9 Å². The van der Waals surface area contributed by atoms with Crippen LogP contribution in [-0.4, -0.2) is 22.8 Å². The van der Waals surface area contributed by atoms with E-state index in [1.54, 1.807) is 10.6 Å². The highest BCUT2D eigenvalue weighted by Gasteiger charge is 2.16.